The molecule has 0 unspecified atom stereocenters. The molecule has 0 bridgehead atoms. The molecule has 0 radical (unpaired) electrons. The van der Waals surface area contributed by atoms with Gasteiger partial charge < -0.3 is 9.72 Å². The average Bonchev–Trinajstić information content (AvgIpc) is 3.01. The van der Waals surface area contributed by atoms with Gasteiger partial charge in [-0.15, -0.1) is 11.3 Å². The first-order chi connectivity index (χ1) is 14.8. The summed E-state index contributed by atoms with van der Waals surface area (Å²) in [5.41, 5.74) is 1.18. The highest BCUT2D eigenvalue weighted by Gasteiger charge is 2.19. The molecule has 4 rings (SSSR count). The van der Waals surface area contributed by atoms with Crippen molar-refractivity contribution in [3.05, 3.63) is 60.2 Å². The second-order valence-corrected chi connectivity index (χ2v) is 10.1. The second kappa shape index (κ2) is 8.74. The Balaban J connectivity index is 1.79. The Bertz CT molecular complexity index is 1410. The lowest BCUT2D eigenvalue weighted by Gasteiger charge is -2.16. The summed E-state index contributed by atoms with van der Waals surface area (Å²) in [5.74, 6) is 0.544. The molecule has 0 saturated heterocycles. The van der Waals surface area contributed by atoms with Crippen molar-refractivity contribution in [2.75, 3.05) is 13.7 Å². The molecule has 0 aliphatic carbocycles. The number of H-pyrrole nitrogens is 1. The van der Waals surface area contributed by atoms with Gasteiger partial charge in [0, 0.05) is 17.0 Å². The minimum absolute atomic E-state index is 0.149. The number of nitrogens with zero attached hydrogens (tertiary/aromatic N) is 3. The van der Waals surface area contributed by atoms with E-state index < -0.39 is 0 Å². The van der Waals surface area contributed by atoms with Crippen molar-refractivity contribution in [3.8, 4) is 0 Å². The van der Waals surface area contributed by atoms with E-state index in [1.54, 1.807) is 29.9 Å². The van der Waals surface area contributed by atoms with E-state index >= 15 is 0 Å². The molecule has 3 aromatic heterocycles. The predicted molar refractivity (Wildman–Crippen MR) is 127 cm³/mol. The monoisotopic (exact) mass is 476 g/mol. The normalized spacial score (nSPS) is 12.7. The molecule has 0 aliphatic heterocycles. The van der Waals surface area contributed by atoms with Gasteiger partial charge in [0.2, 0.25) is 0 Å². The molecule has 0 amide bonds. The van der Waals surface area contributed by atoms with E-state index in [9.17, 15) is 9.59 Å². The first-order valence-corrected chi connectivity index (χ1v) is 11.7. The molecule has 0 saturated carbocycles. The smallest absolute Gasteiger partial charge is 0.262 e. The first-order valence-electron chi connectivity index (χ1n) is 9.65. The molecule has 7 nitrogen and oxygen atoms in total. The molecule has 1 aromatic carbocycles. The van der Waals surface area contributed by atoms with Gasteiger partial charge in [-0.2, -0.15) is 0 Å². The number of aryl methyl sites for hydroxylation is 2. The van der Waals surface area contributed by atoms with Crippen molar-refractivity contribution in [1.29, 1.82) is 0 Å². The standard InChI is InChI=1S/C21H21ClN4O3S2/c1-10-11(2)30-19-16(10)18(27)24-17(25-19)12(3)31-21-23-15-9-13(22)5-6-14(15)20(28)26(21)7-8-29-4/h5-6,9,12H,7-8H2,1-4H3,(H,24,25,27)/t12-/m0/s1. The van der Waals surface area contributed by atoms with E-state index in [4.69, 9.17) is 16.3 Å². The van der Waals surface area contributed by atoms with Gasteiger partial charge in [-0.1, -0.05) is 23.4 Å². The van der Waals surface area contributed by atoms with E-state index in [1.807, 2.05) is 20.8 Å². The van der Waals surface area contributed by atoms with Crippen LogP contribution >= 0.6 is 34.7 Å². The Morgan fingerprint density at radius 1 is 1.29 bits per heavy atom. The Morgan fingerprint density at radius 2 is 2.06 bits per heavy atom. The number of benzene rings is 1. The Hall–Kier alpha value is -2.20. The van der Waals surface area contributed by atoms with Gasteiger partial charge in [0.05, 0.1) is 34.7 Å². The summed E-state index contributed by atoms with van der Waals surface area (Å²) in [6.45, 7) is 6.58. The van der Waals surface area contributed by atoms with Crippen molar-refractivity contribution in [2.24, 2.45) is 0 Å². The largest absolute Gasteiger partial charge is 0.383 e. The van der Waals surface area contributed by atoms with Crippen molar-refractivity contribution >= 4 is 55.8 Å². The fourth-order valence-corrected chi connectivity index (χ4v) is 5.52. The lowest BCUT2D eigenvalue weighted by atomic mass is 10.2. The summed E-state index contributed by atoms with van der Waals surface area (Å²) >= 11 is 8.98. The molecule has 0 spiro atoms. The maximum atomic E-state index is 13.1. The number of aromatic nitrogens is 4. The quantitative estimate of drug-likeness (QED) is 0.326. The van der Waals surface area contributed by atoms with E-state index in [0.717, 1.165) is 15.3 Å². The van der Waals surface area contributed by atoms with Crippen LogP contribution in [0.25, 0.3) is 21.1 Å². The number of thiophene rings is 1. The molecule has 31 heavy (non-hydrogen) atoms. The highest BCUT2D eigenvalue weighted by atomic mass is 35.5. The minimum atomic E-state index is -0.239. The van der Waals surface area contributed by atoms with Crippen molar-refractivity contribution in [1.82, 2.24) is 19.5 Å². The van der Waals surface area contributed by atoms with Gasteiger partial charge >= 0.3 is 0 Å². The van der Waals surface area contributed by atoms with Gasteiger partial charge in [0.15, 0.2) is 5.16 Å². The van der Waals surface area contributed by atoms with Crippen LogP contribution in [0.5, 0.6) is 0 Å². The van der Waals surface area contributed by atoms with E-state index in [-0.39, 0.29) is 16.4 Å². The van der Waals surface area contributed by atoms with Gasteiger partial charge in [0.25, 0.3) is 11.1 Å². The Labute approximate surface area is 191 Å². The third-order valence-corrected chi connectivity index (χ3v) is 7.56. The summed E-state index contributed by atoms with van der Waals surface area (Å²) in [5, 5.41) is 1.93. The van der Waals surface area contributed by atoms with E-state index in [2.05, 4.69) is 15.0 Å². The number of thioether (sulfide) groups is 1. The van der Waals surface area contributed by atoms with Gasteiger partial charge in [-0.25, -0.2) is 9.97 Å². The number of fused-ring (bicyclic) bond motifs is 2. The fourth-order valence-electron chi connectivity index (χ4n) is 3.32. The summed E-state index contributed by atoms with van der Waals surface area (Å²) in [4.78, 5) is 39.8. The lowest BCUT2D eigenvalue weighted by molar-refractivity contribution is 0.183. The number of rotatable bonds is 6. The zero-order chi connectivity index (χ0) is 22.3. The van der Waals surface area contributed by atoms with Crippen LogP contribution in [0.3, 0.4) is 0 Å². The van der Waals surface area contributed by atoms with Gasteiger partial charge in [-0.05, 0) is 44.5 Å². The number of methoxy groups -OCH3 is 1. The van der Waals surface area contributed by atoms with E-state index in [1.165, 1.54) is 23.1 Å². The van der Waals surface area contributed by atoms with Crippen LogP contribution < -0.4 is 11.1 Å². The van der Waals surface area contributed by atoms with Crippen LogP contribution in [0.1, 0.15) is 28.4 Å². The first kappa shape index (κ1) is 22.0. The Morgan fingerprint density at radius 3 is 2.81 bits per heavy atom. The van der Waals surface area contributed by atoms with Crippen LogP contribution in [0.2, 0.25) is 5.02 Å². The molecule has 1 N–H and O–H groups in total. The number of nitrogens with one attached hydrogen (secondary N) is 1. The van der Waals surface area contributed by atoms with Gasteiger partial charge in [0.1, 0.15) is 10.7 Å². The van der Waals surface area contributed by atoms with Crippen LogP contribution in [0.15, 0.2) is 32.9 Å². The van der Waals surface area contributed by atoms with Crippen LogP contribution in [-0.4, -0.2) is 33.2 Å². The zero-order valence-electron chi connectivity index (χ0n) is 17.5. The minimum Gasteiger partial charge on any atom is -0.383 e. The summed E-state index contributed by atoms with van der Waals surface area (Å²) in [6, 6.07) is 5.04. The molecule has 1 atom stereocenters. The predicted octanol–water partition coefficient (Wildman–Crippen LogP) is 4.46. The molecule has 4 aromatic rings. The highest BCUT2D eigenvalue weighted by Crippen LogP contribution is 2.34. The number of hydrogen-bond donors (Lipinski definition) is 1. The summed E-state index contributed by atoms with van der Waals surface area (Å²) < 4.78 is 6.77. The van der Waals surface area contributed by atoms with Crippen LogP contribution in [-0.2, 0) is 11.3 Å². The zero-order valence-corrected chi connectivity index (χ0v) is 19.9. The SMILES string of the molecule is COCCn1c(S[C@@H](C)c2nc3sc(C)c(C)c3c(=O)[nH]2)nc2cc(Cl)ccc2c1=O. The molecule has 10 heteroatoms. The summed E-state index contributed by atoms with van der Waals surface area (Å²) in [7, 11) is 1.59. The van der Waals surface area contributed by atoms with Crippen LogP contribution in [0.4, 0.5) is 0 Å². The second-order valence-electron chi connectivity index (χ2n) is 7.18. The molecule has 0 fully saturated rings. The third kappa shape index (κ3) is 4.15. The molecule has 0 aliphatic rings. The number of hydrogen-bond acceptors (Lipinski definition) is 7. The highest BCUT2D eigenvalue weighted by molar-refractivity contribution is 7.99. The van der Waals surface area contributed by atoms with Crippen molar-refractivity contribution in [2.45, 2.75) is 37.7 Å². The maximum Gasteiger partial charge on any atom is 0.262 e. The third-order valence-electron chi connectivity index (χ3n) is 5.13. The average molecular weight is 477 g/mol. The Kier molecular flexibility index (Phi) is 6.20. The fraction of sp³-hybridized carbons (Fsp3) is 0.333. The number of aromatic amines is 1. The van der Waals surface area contributed by atoms with Crippen molar-refractivity contribution in [3.63, 3.8) is 0 Å². The lowest BCUT2D eigenvalue weighted by Crippen LogP contribution is -2.25. The number of ether oxygens (including phenoxy) is 1. The maximum absolute atomic E-state index is 13.1. The van der Waals surface area contributed by atoms with Crippen LogP contribution in [0, 0.1) is 13.8 Å². The summed E-state index contributed by atoms with van der Waals surface area (Å²) in [6.07, 6.45) is 0. The van der Waals surface area contributed by atoms with Crippen molar-refractivity contribution < 1.29 is 4.74 Å². The molecular formula is C21H21ClN4O3S2. The molecular weight excluding hydrogens is 456 g/mol. The van der Waals surface area contributed by atoms with E-state index in [0.29, 0.717) is 45.4 Å². The number of halogens is 1. The topological polar surface area (TPSA) is 89.9 Å². The van der Waals surface area contributed by atoms with Gasteiger partial charge in [-0.3, -0.25) is 14.2 Å². The molecule has 3 heterocycles. The molecule has 162 valence electrons.